The second kappa shape index (κ2) is 4.84. The Balaban J connectivity index is 1.68. The summed E-state index contributed by atoms with van der Waals surface area (Å²) in [6, 6.07) is 0.500. The standard InChI is InChI=1S/C15H26N2O/c1-10-4-3-5-14(16-2)15(18)17(10)9-12-7-6-11-8-13(11)12/h10-14,16H,3-9H2,1-2H3. The molecular formula is C15H26N2O. The summed E-state index contributed by atoms with van der Waals surface area (Å²) in [5, 5.41) is 3.20. The minimum Gasteiger partial charge on any atom is -0.338 e. The first-order valence-corrected chi connectivity index (χ1v) is 7.68. The largest absolute Gasteiger partial charge is 0.338 e. The van der Waals surface area contributed by atoms with E-state index in [0.717, 1.165) is 30.7 Å². The summed E-state index contributed by atoms with van der Waals surface area (Å²) < 4.78 is 0. The molecule has 5 atom stereocenters. The summed E-state index contributed by atoms with van der Waals surface area (Å²) in [6.45, 7) is 3.26. The summed E-state index contributed by atoms with van der Waals surface area (Å²) in [4.78, 5) is 14.8. The van der Waals surface area contributed by atoms with E-state index in [9.17, 15) is 4.79 Å². The predicted octanol–water partition coefficient (Wildman–Crippen LogP) is 2.02. The topological polar surface area (TPSA) is 32.3 Å². The van der Waals surface area contributed by atoms with Crippen molar-refractivity contribution in [1.82, 2.24) is 10.2 Å². The Hall–Kier alpha value is -0.570. The van der Waals surface area contributed by atoms with Gasteiger partial charge in [-0.1, -0.05) is 0 Å². The number of nitrogens with one attached hydrogen (secondary N) is 1. The molecule has 1 amide bonds. The number of likely N-dealkylation sites (tertiary alicyclic amines) is 1. The van der Waals surface area contributed by atoms with Crippen LogP contribution in [0.4, 0.5) is 0 Å². The maximum absolute atomic E-state index is 12.6. The molecule has 3 nitrogen and oxygen atoms in total. The fourth-order valence-electron chi connectivity index (χ4n) is 4.15. The molecule has 0 spiro atoms. The average Bonchev–Trinajstić information content (AvgIpc) is 3.07. The fraction of sp³-hybridized carbons (Fsp3) is 0.933. The molecule has 5 unspecified atom stereocenters. The number of hydrogen-bond acceptors (Lipinski definition) is 2. The third-order valence-corrected chi connectivity index (χ3v) is 5.50. The van der Waals surface area contributed by atoms with Gasteiger partial charge in [-0.05, 0) is 70.3 Å². The summed E-state index contributed by atoms with van der Waals surface area (Å²) >= 11 is 0. The second-order valence-electron chi connectivity index (χ2n) is 6.61. The number of amides is 1. The highest BCUT2D eigenvalue weighted by atomic mass is 16.2. The van der Waals surface area contributed by atoms with Gasteiger partial charge < -0.3 is 10.2 Å². The van der Waals surface area contributed by atoms with Crippen LogP contribution in [0.25, 0.3) is 0 Å². The summed E-state index contributed by atoms with van der Waals surface area (Å²) in [5.41, 5.74) is 0. The van der Waals surface area contributed by atoms with Gasteiger partial charge in [-0.3, -0.25) is 4.79 Å². The first-order chi connectivity index (χ1) is 8.70. The molecule has 3 aliphatic rings. The zero-order chi connectivity index (χ0) is 12.7. The van der Waals surface area contributed by atoms with E-state index in [1.165, 1.54) is 32.1 Å². The van der Waals surface area contributed by atoms with Crippen molar-refractivity contribution < 1.29 is 4.79 Å². The number of fused-ring (bicyclic) bond motifs is 1. The van der Waals surface area contributed by atoms with Crippen LogP contribution in [0.2, 0.25) is 0 Å². The molecule has 1 saturated heterocycles. The lowest BCUT2D eigenvalue weighted by Gasteiger charge is -2.32. The molecule has 102 valence electrons. The minimum absolute atomic E-state index is 0.0614. The molecule has 1 heterocycles. The molecule has 0 bridgehead atoms. The Morgan fingerprint density at radius 1 is 1.28 bits per heavy atom. The SMILES string of the molecule is CNC1CCCC(C)N(CC2CCC3CC32)C1=O. The molecule has 1 N–H and O–H groups in total. The van der Waals surface area contributed by atoms with Crippen molar-refractivity contribution in [3.8, 4) is 0 Å². The van der Waals surface area contributed by atoms with E-state index in [-0.39, 0.29) is 6.04 Å². The minimum atomic E-state index is 0.0614. The van der Waals surface area contributed by atoms with Gasteiger partial charge in [-0.15, -0.1) is 0 Å². The number of hydrogen-bond donors (Lipinski definition) is 1. The number of nitrogens with zero attached hydrogens (tertiary/aromatic N) is 1. The third kappa shape index (κ3) is 2.18. The molecule has 0 aromatic heterocycles. The summed E-state index contributed by atoms with van der Waals surface area (Å²) in [6.07, 6.45) is 7.57. The molecule has 0 aromatic carbocycles. The second-order valence-corrected chi connectivity index (χ2v) is 6.61. The van der Waals surface area contributed by atoms with E-state index in [1.54, 1.807) is 0 Å². The van der Waals surface area contributed by atoms with E-state index in [1.807, 2.05) is 7.05 Å². The maximum Gasteiger partial charge on any atom is 0.239 e. The lowest BCUT2D eigenvalue weighted by Crippen LogP contribution is -2.48. The van der Waals surface area contributed by atoms with Gasteiger partial charge in [0.05, 0.1) is 6.04 Å². The normalized spacial score (nSPS) is 43.8. The van der Waals surface area contributed by atoms with Crippen molar-refractivity contribution in [2.24, 2.45) is 17.8 Å². The van der Waals surface area contributed by atoms with Crippen LogP contribution >= 0.6 is 0 Å². The number of rotatable bonds is 3. The van der Waals surface area contributed by atoms with Crippen LogP contribution in [0.1, 0.15) is 45.4 Å². The maximum atomic E-state index is 12.6. The highest BCUT2D eigenvalue weighted by Crippen LogP contribution is 2.55. The van der Waals surface area contributed by atoms with E-state index in [2.05, 4.69) is 17.1 Å². The van der Waals surface area contributed by atoms with Crippen LogP contribution in [0, 0.1) is 17.8 Å². The Kier molecular flexibility index (Phi) is 3.35. The van der Waals surface area contributed by atoms with Crippen LogP contribution in [0.3, 0.4) is 0 Å². The molecule has 18 heavy (non-hydrogen) atoms. The van der Waals surface area contributed by atoms with Crippen molar-refractivity contribution in [2.45, 2.75) is 57.5 Å². The van der Waals surface area contributed by atoms with Gasteiger partial charge in [0.15, 0.2) is 0 Å². The lowest BCUT2D eigenvalue weighted by molar-refractivity contribution is -0.135. The monoisotopic (exact) mass is 250 g/mol. The van der Waals surface area contributed by atoms with Crippen LogP contribution in [-0.4, -0.2) is 36.5 Å². The van der Waals surface area contributed by atoms with Gasteiger partial charge in [0.2, 0.25) is 5.91 Å². The van der Waals surface area contributed by atoms with E-state index < -0.39 is 0 Å². The third-order valence-electron chi connectivity index (χ3n) is 5.50. The molecule has 3 heteroatoms. The number of carbonyl (C=O) groups is 1. The lowest BCUT2D eigenvalue weighted by atomic mass is 10.0. The molecular weight excluding hydrogens is 224 g/mol. The van der Waals surface area contributed by atoms with Gasteiger partial charge in [0, 0.05) is 12.6 Å². The van der Waals surface area contributed by atoms with Crippen molar-refractivity contribution in [3.05, 3.63) is 0 Å². The average molecular weight is 250 g/mol. The Labute approximate surface area is 110 Å². The van der Waals surface area contributed by atoms with Crippen molar-refractivity contribution in [3.63, 3.8) is 0 Å². The van der Waals surface area contributed by atoms with Crippen LogP contribution in [0.5, 0.6) is 0 Å². The fourth-order valence-corrected chi connectivity index (χ4v) is 4.15. The molecule has 2 saturated carbocycles. The first-order valence-electron chi connectivity index (χ1n) is 7.68. The van der Waals surface area contributed by atoms with Crippen molar-refractivity contribution in [1.29, 1.82) is 0 Å². The van der Waals surface area contributed by atoms with Crippen LogP contribution in [-0.2, 0) is 4.79 Å². The van der Waals surface area contributed by atoms with Crippen LogP contribution < -0.4 is 5.32 Å². The molecule has 0 aromatic rings. The Bertz CT molecular complexity index is 330. The smallest absolute Gasteiger partial charge is 0.239 e. The predicted molar refractivity (Wildman–Crippen MR) is 72.2 cm³/mol. The van der Waals surface area contributed by atoms with E-state index in [0.29, 0.717) is 11.9 Å². The molecule has 3 rings (SSSR count). The molecule has 2 aliphatic carbocycles. The zero-order valence-corrected chi connectivity index (χ0v) is 11.7. The highest BCUT2D eigenvalue weighted by molar-refractivity contribution is 5.82. The summed E-state index contributed by atoms with van der Waals surface area (Å²) in [7, 11) is 1.92. The highest BCUT2D eigenvalue weighted by Gasteiger charge is 2.49. The van der Waals surface area contributed by atoms with E-state index in [4.69, 9.17) is 0 Å². The number of carbonyl (C=O) groups excluding carboxylic acids is 1. The van der Waals surface area contributed by atoms with Gasteiger partial charge in [-0.2, -0.15) is 0 Å². The van der Waals surface area contributed by atoms with Gasteiger partial charge >= 0.3 is 0 Å². The Morgan fingerprint density at radius 3 is 2.72 bits per heavy atom. The van der Waals surface area contributed by atoms with Crippen molar-refractivity contribution in [2.75, 3.05) is 13.6 Å². The van der Waals surface area contributed by atoms with Gasteiger partial charge in [-0.25, -0.2) is 0 Å². The summed E-state index contributed by atoms with van der Waals surface area (Å²) in [5.74, 6) is 3.14. The Morgan fingerprint density at radius 2 is 2.11 bits per heavy atom. The molecule has 0 radical (unpaired) electrons. The van der Waals surface area contributed by atoms with Crippen LogP contribution in [0.15, 0.2) is 0 Å². The van der Waals surface area contributed by atoms with Gasteiger partial charge in [0.25, 0.3) is 0 Å². The quantitative estimate of drug-likeness (QED) is 0.831. The zero-order valence-electron chi connectivity index (χ0n) is 11.7. The van der Waals surface area contributed by atoms with E-state index >= 15 is 0 Å². The number of likely N-dealkylation sites (N-methyl/N-ethyl adjacent to an activating group) is 1. The molecule has 1 aliphatic heterocycles. The van der Waals surface area contributed by atoms with Gasteiger partial charge in [0.1, 0.15) is 0 Å². The first kappa shape index (κ1) is 12.5. The molecule has 3 fully saturated rings. The van der Waals surface area contributed by atoms with Crippen molar-refractivity contribution >= 4 is 5.91 Å².